The number of carbonyl (C=O) groups excluding carboxylic acids is 1. The van der Waals surface area contributed by atoms with Crippen molar-refractivity contribution >= 4 is 11.6 Å². The summed E-state index contributed by atoms with van der Waals surface area (Å²) in [5, 5.41) is 15.6. The van der Waals surface area contributed by atoms with Gasteiger partial charge >= 0.3 is 0 Å². The van der Waals surface area contributed by atoms with Crippen molar-refractivity contribution in [1.82, 2.24) is 5.32 Å². The molecular weight excluding hydrogens is 362 g/mol. The first-order valence-corrected chi connectivity index (χ1v) is 11.1. The van der Waals surface area contributed by atoms with Gasteiger partial charge in [0.15, 0.2) is 0 Å². The summed E-state index contributed by atoms with van der Waals surface area (Å²) in [5.74, 6) is 0.364. The first kappa shape index (κ1) is 22.8. The number of hydrogen-bond donors (Lipinski definition) is 2. The Bertz CT molecular complexity index is 664. The number of nitriles is 1. The fourth-order valence-corrected chi connectivity index (χ4v) is 3.68. The van der Waals surface area contributed by atoms with E-state index in [-0.39, 0.29) is 5.57 Å². The van der Waals surface area contributed by atoms with Crippen LogP contribution in [-0.4, -0.2) is 18.6 Å². The van der Waals surface area contributed by atoms with Crippen molar-refractivity contribution < 1.29 is 9.53 Å². The van der Waals surface area contributed by atoms with Gasteiger partial charge in [-0.15, -0.1) is 0 Å². The van der Waals surface area contributed by atoms with Gasteiger partial charge in [-0.3, -0.25) is 4.79 Å². The van der Waals surface area contributed by atoms with Crippen LogP contribution in [0.1, 0.15) is 77.6 Å². The largest absolute Gasteiger partial charge is 0.494 e. The zero-order valence-electron chi connectivity index (χ0n) is 17.7. The molecule has 0 saturated heterocycles. The first-order chi connectivity index (χ1) is 14.2. The van der Waals surface area contributed by atoms with Gasteiger partial charge in [-0.05, 0) is 44.0 Å². The highest BCUT2D eigenvalue weighted by molar-refractivity contribution is 6.06. The standard InChI is InChI=1S/C24H35N3O2/c1-2-29-23-16-14-22(15-17-23)27-24(28)20(18-25)19-26-21-12-10-8-6-4-3-5-7-9-11-13-21/h14-17,19,21,26H,2-13H2,1H3,(H,27,28)/b20-19-. The molecule has 0 aromatic heterocycles. The number of nitrogens with one attached hydrogen (secondary N) is 2. The van der Waals surface area contributed by atoms with E-state index >= 15 is 0 Å². The van der Waals surface area contributed by atoms with Crippen LogP contribution in [0.4, 0.5) is 5.69 Å². The number of carbonyl (C=O) groups is 1. The van der Waals surface area contributed by atoms with Gasteiger partial charge in [-0.25, -0.2) is 0 Å². The van der Waals surface area contributed by atoms with Crippen LogP contribution < -0.4 is 15.4 Å². The van der Waals surface area contributed by atoms with Gasteiger partial charge in [-0.1, -0.05) is 57.8 Å². The Morgan fingerprint density at radius 2 is 1.59 bits per heavy atom. The van der Waals surface area contributed by atoms with E-state index in [4.69, 9.17) is 4.74 Å². The molecule has 29 heavy (non-hydrogen) atoms. The van der Waals surface area contributed by atoms with Crippen LogP contribution in [0, 0.1) is 11.3 Å². The number of rotatable bonds is 6. The van der Waals surface area contributed by atoms with E-state index in [0.29, 0.717) is 18.3 Å². The molecule has 1 fully saturated rings. The zero-order valence-corrected chi connectivity index (χ0v) is 17.7. The zero-order chi connectivity index (χ0) is 20.7. The van der Waals surface area contributed by atoms with Gasteiger partial charge in [0, 0.05) is 17.9 Å². The van der Waals surface area contributed by atoms with Gasteiger partial charge in [-0.2, -0.15) is 5.26 Å². The van der Waals surface area contributed by atoms with E-state index in [9.17, 15) is 10.1 Å². The SMILES string of the molecule is CCOc1ccc(NC(=O)/C(C#N)=C\NC2CCCCCCCCCCC2)cc1. The smallest absolute Gasteiger partial charge is 0.267 e. The van der Waals surface area contributed by atoms with Crippen molar-refractivity contribution in [1.29, 1.82) is 5.26 Å². The summed E-state index contributed by atoms with van der Waals surface area (Å²) < 4.78 is 5.40. The summed E-state index contributed by atoms with van der Waals surface area (Å²) in [4.78, 5) is 12.5. The number of nitrogens with zero attached hydrogens (tertiary/aromatic N) is 1. The van der Waals surface area contributed by atoms with Crippen molar-refractivity contribution in [3.63, 3.8) is 0 Å². The summed E-state index contributed by atoms with van der Waals surface area (Å²) in [6.07, 6.45) is 15.4. The second-order valence-corrected chi connectivity index (χ2v) is 7.70. The molecule has 5 nitrogen and oxygen atoms in total. The Morgan fingerprint density at radius 1 is 1.03 bits per heavy atom. The first-order valence-electron chi connectivity index (χ1n) is 11.1. The number of anilines is 1. The molecule has 1 aliphatic carbocycles. The van der Waals surface area contributed by atoms with Gasteiger partial charge in [0.1, 0.15) is 17.4 Å². The summed E-state index contributed by atoms with van der Waals surface area (Å²) in [5.41, 5.74) is 0.746. The fourth-order valence-electron chi connectivity index (χ4n) is 3.68. The van der Waals surface area contributed by atoms with Gasteiger partial charge in [0.2, 0.25) is 0 Å². The molecule has 5 heteroatoms. The highest BCUT2D eigenvalue weighted by Crippen LogP contribution is 2.18. The molecular formula is C24H35N3O2. The van der Waals surface area contributed by atoms with Crippen LogP contribution in [-0.2, 0) is 4.79 Å². The lowest BCUT2D eigenvalue weighted by molar-refractivity contribution is -0.112. The maximum absolute atomic E-state index is 12.5. The molecule has 2 rings (SSSR count). The van der Waals surface area contributed by atoms with Crippen LogP contribution in [0.15, 0.2) is 36.0 Å². The van der Waals surface area contributed by atoms with E-state index in [2.05, 4.69) is 10.6 Å². The summed E-state index contributed by atoms with van der Waals surface area (Å²) in [6.45, 7) is 2.52. The average molecular weight is 398 g/mol. The predicted octanol–water partition coefficient (Wildman–Crippen LogP) is 5.69. The van der Waals surface area contributed by atoms with Crippen LogP contribution >= 0.6 is 0 Å². The third-order valence-electron chi connectivity index (χ3n) is 5.36. The molecule has 1 amide bonds. The van der Waals surface area contributed by atoms with Crippen molar-refractivity contribution in [2.75, 3.05) is 11.9 Å². The van der Waals surface area contributed by atoms with E-state index in [1.54, 1.807) is 30.5 Å². The van der Waals surface area contributed by atoms with E-state index < -0.39 is 5.91 Å². The van der Waals surface area contributed by atoms with Gasteiger partial charge < -0.3 is 15.4 Å². The van der Waals surface area contributed by atoms with Crippen LogP contribution in [0.5, 0.6) is 5.75 Å². The molecule has 0 unspecified atom stereocenters. The highest BCUT2D eigenvalue weighted by Gasteiger charge is 2.12. The lowest BCUT2D eigenvalue weighted by Crippen LogP contribution is -2.26. The molecule has 0 aliphatic heterocycles. The summed E-state index contributed by atoms with van der Waals surface area (Å²) >= 11 is 0. The van der Waals surface area contributed by atoms with E-state index in [0.717, 1.165) is 18.6 Å². The maximum Gasteiger partial charge on any atom is 0.267 e. The van der Waals surface area contributed by atoms with E-state index in [1.807, 2.05) is 13.0 Å². The van der Waals surface area contributed by atoms with Crippen LogP contribution in [0.25, 0.3) is 0 Å². The average Bonchev–Trinajstić information content (AvgIpc) is 2.71. The Labute approximate surface area is 175 Å². The van der Waals surface area contributed by atoms with Crippen LogP contribution in [0.3, 0.4) is 0 Å². The molecule has 0 radical (unpaired) electrons. The van der Waals surface area contributed by atoms with Gasteiger partial charge in [0.25, 0.3) is 5.91 Å². The molecule has 1 saturated carbocycles. The quantitative estimate of drug-likeness (QED) is 0.477. The van der Waals surface area contributed by atoms with Crippen molar-refractivity contribution in [2.45, 2.75) is 83.6 Å². The summed E-state index contributed by atoms with van der Waals surface area (Å²) in [7, 11) is 0. The third-order valence-corrected chi connectivity index (χ3v) is 5.36. The monoisotopic (exact) mass is 397 g/mol. The van der Waals surface area contributed by atoms with Crippen LogP contribution in [0.2, 0.25) is 0 Å². The second kappa shape index (κ2) is 13.7. The number of benzene rings is 1. The minimum atomic E-state index is -0.391. The minimum Gasteiger partial charge on any atom is -0.494 e. The highest BCUT2D eigenvalue weighted by atomic mass is 16.5. The topological polar surface area (TPSA) is 74.1 Å². The molecule has 2 N–H and O–H groups in total. The number of ether oxygens (including phenoxy) is 1. The summed E-state index contributed by atoms with van der Waals surface area (Å²) in [6, 6.07) is 9.51. The molecule has 1 aromatic carbocycles. The Kier molecular flexibility index (Phi) is 10.7. The molecule has 0 heterocycles. The molecule has 0 spiro atoms. The molecule has 158 valence electrons. The van der Waals surface area contributed by atoms with Crippen molar-refractivity contribution in [3.05, 3.63) is 36.0 Å². The van der Waals surface area contributed by atoms with Gasteiger partial charge in [0.05, 0.1) is 6.61 Å². The third kappa shape index (κ3) is 9.04. The normalized spacial score (nSPS) is 17.3. The molecule has 1 aliphatic rings. The predicted molar refractivity (Wildman–Crippen MR) is 118 cm³/mol. The lowest BCUT2D eigenvalue weighted by atomic mass is 9.98. The molecule has 0 atom stereocenters. The molecule has 1 aromatic rings. The number of hydrogen-bond acceptors (Lipinski definition) is 4. The lowest BCUT2D eigenvalue weighted by Gasteiger charge is -2.18. The Hall–Kier alpha value is -2.48. The molecule has 0 bridgehead atoms. The number of amides is 1. The Morgan fingerprint density at radius 3 is 2.10 bits per heavy atom. The minimum absolute atomic E-state index is 0.102. The Balaban J connectivity index is 1.90. The van der Waals surface area contributed by atoms with E-state index in [1.165, 1.54) is 57.8 Å². The fraction of sp³-hybridized carbons (Fsp3) is 0.583. The second-order valence-electron chi connectivity index (χ2n) is 7.70. The van der Waals surface area contributed by atoms with Crippen molar-refractivity contribution in [3.8, 4) is 11.8 Å². The maximum atomic E-state index is 12.5. The van der Waals surface area contributed by atoms with Crippen molar-refractivity contribution in [2.24, 2.45) is 0 Å².